The van der Waals surface area contributed by atoms with Crippen LogP contribution in [-0.4, -0.2) is 24.1 Å². The molecule has 23 heavy (non-hydrogen) atoms. The highest BCUT2D eigenvalue weighted by Crippen LogP contribution is 2.22. The minimum absolute atomic E-state index is 0.0961. The molecule has 2 aromatic carbocycles. The van der Waals surface area contributed by atoms with E-state index in [1.54, 1.807) is 47.9 Å². The van der Waals surface area contributed by atoms with Gasteiger partial charge in [0.05, 0.1) is 7.11 Å². The molecule has 0 bridgehead atoms. The van der Waals surface area contributed by atoms with E-state index in [2.05, 4.69) is 15.9 Å². The summed E-state index contributed by atoms with van der Waals surface area (Å²) in [4.78, 5) is 27.9. The third kappa shape index (κ3) is 4.54. The summed E-state index contributed by atoms with van der Waals surface area (Å²) in [5.74, 6) is 0.361. The number of ether oxygens (including phenoxy) is 1. The molecule has 0 aliphatic carbocycles. The number of hydroxylamine groups is 1. The first-order chi connectivity index (χ1) is 11.0. The number of hydrogen-bond donors (Lipinski definition) is 2. The summed E-state index contributed by atoms with van der Waals surface area (Å²) in [6.45, 7) is -0.0961. The van der Waals surface area contributed by atoms with Gasteiger partial charge in [0, 0.05) is 15.6 Å². The fraction of sp³-hybridized carbons (Fsp3) is 0.125. The number of amides is 1. The smallest absolute Gasteiger partial charge is 0.428 e. The maximum Gasteiger partial charge on any atom is 0.428 e. The van der Waals surface area contributed by atoms with Crippen molar-refractivity contribution in [3.63, 3.8) is 0 Å². The van der Waals surface area contributed by atoms with E-state index in [4.69, 9.17) is 14.7 Å². The van der Waals surface area contributed by atoms with Gasteiger partial charge in [-0.1, -0.05) is 15.9 Å². The molecule has 0 spiro atoms. The molecule has 0 heterocycles. The number of carbonyl (C=O) groups excluding carboxylic acids is 1. The molecule has 0 aromatic heterocycles. The van der Waals surface area contributed by atoms with Crippen LogP contribution in [0.3, 0.4) is 0 Å². The molecule has 2 rings (SSSR count). The van der Waals surface area contributed by atoms with Gasteiger partial charge < -0.3 is 9.84 Å². The molecule has 0 saturated carbocycles. The summed E-state index contributed by atoms with van der Waals surface area (Å²) in [5, 5.41) is 8.54. The Morgan fingerprint density at radius 3 is 2.48 bits per heavy atom. The molecule has 7 heteroatoms. The van der Waals surface area contributed by atoms with Gasteiger partial charge in [0.25, 0.3) is 0 Å². The van der Waals surface area contributed by atoms with Crippen molar-refractivity contribution in [1.82, 2.24) is 5.48 Å². The molecule has 0 atom stereocenters. The van der Waals surface area contributed by atoms with Crippen molar-refractivity contribution in [1.29, 1.82) is 0 Å². The predicted octanol–water partition coefficient (Wildman–Crippen LogP) is 3.39. The van der Waals surface area contributed by atoms with Crippen molar-refractivity contribution in [2.24, 2.45) is 0 Å². The van der Waals surface area contributed by atoms with Gasteiger partial charge in [0.15, 0.2) is 5.78 Å². The van der Waals surface area contributed by atoms with Crippen LogP contribution in [0, 0.1) is 0 Å². The van der Waals surface area contributed by atoms with E-state index in [1.165, 1.54) is 7.11 Å². The average molecular weight is 380 g/mol. The van der Waals surface area contributed by atoms with Gasteiger partial charge in [-0.05, 0) is 48.0 Å². The van der Waals surface area contributed by atoms with E-state index < -0.39 is 6.09 Å². The van der Waals surface area contributed by atoms with Gasteiger partial charge in [0.1, 0.15) is 12.4 Å². The molecule has 0 radical (unpaired) electrons. The molecule has 0 fully saturated rings. The summed E-state index contributed by atoms with van der Waals surface area (Å²) in [7, 11) is 1.51. The number of benzene rings is 2. The first-order valence-electron chi connectivity index (χ1n) is 6.59. The molecule has 0 aliphatic rings. The Morgan fingerprint density at radius 1 is 1.17 bits per heavy atom. The molecule has 0 aliphatic heterocycles. The fourth-order valence-corrected chi connectivity index (χ4v) is 2.23. The number of halogens is 1. The Kier molecular flexibility index (Phi) is 5.72. The normalized spacial score (nSPS) is 10.2. The Labute approximate surface area is 141 Å². The van der Waals surface area contributed by atoms with E-state index in [1.807, 2.05) is 0 Å². The highest BCUT2D eigenvalue weighted by molar-refractivity contribution is 9.10. The zero-order valence-corrected chi connectivity index (χ0v) is 13.8. The summed E-state index contributed by atoms with van der Waals surface area (Å²) in [5.41, 5.74) is 3.26. The molecule has 2 aromatic rings. The monoisotopic (exact) mass is 379 g/mol. The maximum absolute atomic E-state index is 12.6. The first-order valence-corrected chi connectivity index (χ1v) is 7.38. The minimum Gasteiger partial charge on any atom is -0.497 e. The van der Waals surface area contributed by atoms with Gasteiger partial charge in [-0.3, -0.25) is 9.63 Å². The Bertz CT molecular complexity index is 715. The quantitative estimate of drug-likeness (QED) is 0.593. The zero-order chi connectivity index (χ0) is 16.8. The predicted molar refractivity (Wildman–Crippen MR) is 86.5 cm³/mol. The highest BCUT2D eigenvalue weighted by Gasteiger charge is 2.15. The average Bonchev–Trinajstić information content (AvgIpc) is 2.54. The van der Waals surface area contributed by atoms with Gasteiger partial charge >= 0.3 is 6.09 Å². The summed E-state index contributed by atoms with van der Waals surface area (Å²) < 4.78 is 6.00. The standard InChI is InChI=1S/C16H14BrNO5/c1-22-13-6-7-14(11(8-13)9-23-18-16(20)21)15(19)10-2-4-12(17)5-3-10/h2-8,18H,9H2,1H3,(H,20,21). The number of carbonyl (C=O) groups is 2. The largest absolute Gasteiger partial charge is 0.497 e. The Morgan fingerprint density at radius 2 is 1.87 bits per heavy atom. The summed E-state index contributed by atoms with van der Waals surface area (Å²) in [6.07, 6.45) is -1.31. The molecule has 1 amide bonds. The van der Waals surface area contributed by atoms with Crippen LogP contribution in [0.25, 0.3) is 0 Å². The number of nitrogens with one attached hydrogen (secondary N) is 1. The Hall–Kier alpha value is -2.38. The second kappa shape index (κ2) is 7.75. The zero-order valence-electron chi connectivity index (χ0n) is 12.2. The van der Waals surface area contributed by atoms with E-state index in [-0.39, 0.29) is 12.4 Å². The lowest BCUT2D eigenvalue weighted by Crippen LogP contribution is -2.21. The van der Waals surface area contributed by atoms with E-state index in [0.717, 1.165) is 4.47 Å². The van der Waals surface area contributed by atoms with E-state index in [0.29, 0.717) is 22.4 Å². The third-order valence-corrected chi connectivity index (χ3v) is 3.58. The first kappa shape index (κ1) is 17.0. The van der Waals surface area contributed by atoms with Crippen LogP contribution >= 0.6 is 15.9 Å². The van der Waals surface area contributed by atoms with Crippen molar-refractivity contribution < 1.29 is 24.3 Å². The highest BCUT2D eigenvalue weighted by atomic mass is 79.9. The van der Waals surface area contributed by atoms with Crippen molar-refractivity contribution >= 4 is 27.8 Å². The number of ketones is 1. The second-order valence-corrected chi connectivity index (χ2v) is 5.47. The molecule has 120 valence electrons. The van der Waals surface area contributed by atoms with Crippen molar-refractivity contribution in [2.45, 2.75) is 6.61 Å². The van der Waals surface area contributed by atoms with Crippen molar-refractivity contribution in [3.05, 3.63) is 63.6 Å². The van der Waals surface area contributed by atoms with E-state index in [9.17, 15) is 9.59 Å². The van der Waals surface area contributed by atoms with Crippen LogP contribution in [0.4, 0.5) is 4.79 Å². The fourth-order valence-electron chi connectivity index (χ4n) is 1.97. The lowest BCUT2D eigenvalue weighted by Gasteiger charge is -2.11. The van der Waals surface area contributed by atoms with Gasteiger partial charge in [0.2, 0.25) is 0 Å². The number of hydrogen-bond acceptors (Lipinski definition) is 4. The molecule has 2 N–H and O–H groups in total. The van der Waals surface area contributed by atoms with Crippen molar-refractivity contribution in [2.75, 3.05) is 7.11 Å². The molecule has 0 unspecified atom stereocenters. The third-order valence-electron chi connectivity index (χ3n) is 3.05. The van der Waals surface area contributed by atoms with Gasteiger partial charge in [-0.15, -0.1) is 0 Å². The van der Waals surface area contributed by atoms with Gasteiger partial charge in [-0.25, -0.2) is 4.79 Å². The lowest BCUT2D eigenvalue weighted by atomic mass is 9.98. The molecule has 0 saturated heterocycles. The number of methoxy groups -OCH3 is 1. The SMILES string of the molecule is COc1ccc(C(=O)c2ccc(Br)cc2)c(CONC(=O)O)c1. The summed E-state index contributed by atoms with van der Waals surface area (Å²) in [6, 6.07) is 11.9. The number of rotatable bonds is 6. The van der Waals surface area contributed by atoms with Crippen molar-refractivity contribution in [3.8, 4) is 5.75 Å². The molecular weight excluding hydrogens is 366 g/mol. The molecule has 6 nitrogen and oxygen atoms in total. The van der Waals surface area contributed by atoms with Crippen LogP contribution in [-0.2, 0) is 11.4 Å². The maximum atomic E-state index is 12.6. The lowest BCUT2D eigenvalue weighted by molar-refractivity contribution is 0.0311. The topological polar surface area (TPSA) is 84.9 Å². The van der Waals surface area contributed by atoms with Crippen LogP contribution in [0.15, 0.2) is 46.9 Å². The Balaban J connectivity index is 2.30. The summed E-state index contributed by atoms with van der Waals surface area (Å²) >= 11 is 3.32. The second-order valence-electron chi connectivity index (χ2n) is 4.55. The minimum atomic E-state index is -1.31. The van der Waals surface area contributed by atoms with Gasteiger partial charge in [-0.2, -0.15) is 5.48 Å². The van der Waals surface area contributed by atoms with Crippen LogP contribution in [0.1, 0.15) is 21.5 Å². The number of carboxylic acid groups (broad SMARTS) is 1. The van der Waals surface area contributed by atoms with Crippen LogP contribution < -0.4 is 10.2 Å². The van der Waals surface area contributed by atoms with Crippen LogP contribution in [0.5, 0.6) is 5.75 Å². The molecular formula is C16H14BrNO5. The van der Waals surface area contributed by atoms with E-state index >= 15 is 0 Å². The van der Waals surface area contributed by atoms with Crippen LogP contribution in [0.2, 0.25) is 0 Å².